The van der Waals surface area contributed by atoms with Crippen molar-refractivity contribution in [3.8, 4) is 17.6 Å². The number of methoxy groups -OCH3 is 1. The number of pyridine rings is 1. The molecular formula is C28H27FN2O4. The van der Waals surface area contributed by atoms with Crippen molar-refractivity contribution in [1.82, 2.24) is 9.88 Å². The minimum Gasteiger partial charge on any atom is -0.497 e. The highest BCUT2D eigenvalue weighted by atomic mass is 19.1. The second kappa shape index (κ2) is 11.1. The van der Waals surface area contributed by atoms with Gasteiger partial charge in [-0.3, -0.25) is 19.5 Å². The number of aromatic nitrogens is 1. The highest BCUT2D eigenvalue weighted by Gasteiger charge is 2.34. The number of Topliss-reactive ketones (excluding diaryl/α,β-unsaturated/α-hetero) is 1. The molecule has 1 N–H and O–H groups in total. The summed E-state index contributed by atoms with van der Waals surface area (Å²) in [6.45, 7) is 1.49. The van der Waals surface area contributed by atoms with Crippen LogP contribution in [0.1, 0.15) is 35.2 Å². The molecule has 0 aliphatic carbocycles. The van der Waals surface area contributed by atoms with Crippen LogP contribution in [-0.4, -0.2) is 53.5 Å². The molecule has 0 spiro atoms. The van der Waals surface area contributed by atoms with Gasteiger partial charge in [-0.2, -0.15) is 0 Å². The number of ether oxygens (including phenoxy) is 1. The van der Waals surface area contributed by atoms with Gasteiger partial charge in [0.05, 0.1) is 25.1 Å². The molecule has 35 heavy (non-hydrogen) atoms. The summed E-state index contributed by atoms with van der Waals surface area (Å²) < 4.78 is 18.6. The lowest BCUT2D eigenvalue weighted by Crippen LogP contribution is -2.44. The fraction of sp³-hybridized carbons (Fsp3) is 0.321. The zero-order valence-corrected chi connectivity index (χ0v) is 19.5. The highest BCUT2D eigenvalue weighted by Crippen LogP contribution is 2.30. The Bertz CT molecular complexity index is 1300. The molecule has 4 rings (SSSR count). The molecule has 2 atom stereocenters. The number of ketones is 1. The molecule has 7 heteroatoms. The van der Waals surface area contributed by atoms with Gasteiger partial charge >= 0.3 is 5.97 Å². The van der Waals surface area contributed by atoms with Crippen molar-refractivity contribution in [2.45, 2.75) is 19.3 Å². The number of hydrogen-bond donors (Lipinski definition) is 1. The van der Waals surface area contributed by atoms with Crippen LogP contribution in [0.25, 0.3) is 10.9 Å². The van der Waals surface area contributed by atoms with Gasteiger partial charge in [-0.15, -0.1) is 0 Å². The molecular weight excluding hydrogens is 447 g/mol. The van der Waals surface area contributed by atoms with E-state index in [4.69, 9.17) is 4.74 Å². The van der Waals surface area contributed by atoms with Crippen LogP contribution in [0.5, 0.6) is 5.75 Å². The second-order valence-electron chi connectivity index (χ2n) is 8.74. The van der Waals surface area contributed by atoms with Crippen molar-refractivity contribution < 1.29 is 23.8 Å². The Morgan fingerprint density at radius 1 is 1.23 bits per heavy atom. The summed E-state index contributed by atoms with van der Waals surface area (Å²) >= 11 is 0. The SMILES string of the molecule is COc1ccc2nccc(C(=O)CCC3CCN(CC#Cc4cccc(F)c4)CC3C(=O)O)c2c1. The number of halogens is 1. The van der Waals surface area contributed by atoms with Crippen LogP contribution < -0.4 is 4.74 Å². The summed E-state index contributed by atoms with van der Waals surface area (Å²) in [6, 6.07) is 13.2. The number of carbonyl (C=O) groups is 2. The van der Waals surface area contributed by atoms with Crippen molar-refractivity contribution in [2.24, 2.45) is 11.8 Å². The second-order valence-corrected chi connectivity index (χ2v) is 8.74. The third-order valence-electron chi connectivity index (χ3n) is 6.51. The van der Waals surface area contributed by atoms with E-state index >= 15 is 0 Å². The van der Waals surface area contributed by atoms with E-state index in [9.17, 15) is 19.1 Å². The summed E-state index contributed by atoms with van der Waals surface area (Å²) in [7, 11) is 1.57. The van der Waals surface area contributed by atoms with Crippen LogP contribution in [0.2, 0.25) is 0 Å². The lowest BCUT2D eigenvalue weighted by Gasteiger charge is -2.35. The van der Waals surface area contributed by atoms with Gasteiger partial charge in [-0.1, -0.05) is 17.9 Å². The van der Waals surface area contributed by atoms with Gasteiger partial charge in [0.15, 0.2) is 5.78 Å². The van der Waals surface area contributed by atoms with E-state index in [1.165, 1.54) is 12.1 Å². The quantitative estimate of drug-likeness (QED) is 0.403. The van der Waals surface area contributed by atoms with Crippen molar-refractivity contribution >= 4 is 22.7 Å². The molecule has 6 nitrogen and oxygen atoms in total. The Hall–Kier alpha value is -3.76. The first-order valence-corrected chi connectivity index (χ1v) is 11.6. The van der Waals surface area contributed by atoms with E-state index in [0.717, 1.165) is 5.39 Å². The molecule has 1 aliphatic heterocycles. The number of hydrogen-bond acceptors (Lipinski definition) is 5. The lowest BCUT2D eigenvalue weighted by atomic mass is 9.81. The number of rotatable bonds is 7. The number of carboxylic acids is 1. The Morgan fingerprint density at radius 3 is 2.86 bits per heavy atom. The Labute approximate surface area is 203 Å². The number of carboxylic acid groups (broad SMARTS) is 1. The molecule has 3 aromatic rings. The van der Waals surface area contributed by atoms with Crippen LogP contribution in [0.4, 0.5) is 4.39 Å². The molecule has 0 amide bonds. The average molecular weight is 475 g/mol. The first-order valence-electron chi connectivity index (χ1n) is 11.6. The monoisotopic (exact) mass is 474 g/mol. The number of piperidine rings is 1. The van der Waals surface area contributed by atoms with Gasteiger partial charge in [-0.25, -0.2) is 4.39 Å². The van der Waals surface area contributed by atoms with Gasteiger partial charge in [0.1, 0.15) is 11.6 Å². The fourth-order valence-electron chi connectivity index (χ4n) is 4.60. The first-order chi connectivity index (χ1) is 16.9. The van der Waals surface area contributed by atoms with E-state index < -0.39 is 11.9 Å². The van der Waals surface area contributed by atoms with E-state index in [1.807, 2.05) is 11.0 Å². The molecule has 2 unspecified atom stereocenters. The maximum Gasteiger partial charge on any atom is 0.308 e. The smallest absolute Gasteiger partial charge is 0.308 e. The molecule has 1 fully saturated rings. The number of carbonyl (C=O) groups excluding carboxylic acids is 1. The molecule has 0 saturated carbocycles. The van der Waals surface area contributed by atoms with Crippen molar-refractivity contribution in [3.05, 3.63) is 71.7 Å². The van der Waals surface area contributed by atoms with E-state index in [1.54, 1.807) is 43.6 Å². The van der Waals surface area contributed by atoms with Crippen LogP contribution in [-0.2, 0) is 4.79 Å². The molecule has 2 aromatic carbocycles. The highest BCUT2D eigenvalue weighted by molar-refractivity contribution is 6.07. The topological polar surface area (TPSA) is 79.7 Å². The first kappa shape index (κ1) is 24.4. The van der Waals surface area contributed by atoms with Crippen molar-refractivity contribution in [3.63, 3.8) is 0 Å². The maximum atomic E-state index is 13.3. The molecule has 0 radical (unpaired) electrons. The van der Waals surface area contributed by atoms with E-state index in [-0.39, 0.29) is 23.9 Å². The fourth-order valence-corrected chi connectivity index (χ4v) is 4.60. The Kier molecular flexibility index (Phi) is 7.74. The minimum atomic E-state index is -0.857. The van der Waals surface area contributed by atoms with Crippen molar-refractivity contribution in [2.75, 3.05) is 26.7 Å². The number of nitrogens with zero attached hydrogens (tertiary/aromatic N) is 2. The Balaban J connectivity index is 1.38. The standard InChI is InChI=1S/C28H27FN2O4/c1-35-22-8-9-26-24(17-22)23(11-13-30-26)27(32)10-7-20-12-15-31(18-25(20)28(33)34)14-3-5-19-4-2-6-21(29)16-19/h2,4,6,8-9,11,13,16-17,20,25H,7,10,12,14-15,18H2,1H3,(H,33,34). The number of aliphatic carboxylic acids is 1. The molecule has 1 aromatic heterocycles. The zero-order valence-electron chi connectivity index (χ0n) is 19.5. The summed E-state index contributed by atoms with van der Waals surface area (Å²) in [5.41, 5.74) is 1.88. The van der Waals surface area contributed by atoms with E-state index in [0.29, 0.717) is 54.9 Å². The number of benzene rings is 2. The Morgan fingerprint density at radius 2 is 2.09 bits per heavy atom. The van der Waals surface area contributed by atoms with Gasteiger partial charge < -0.3 is 9.84 Å². The molecule has 180 valence electrons. The van der Waals surface area contributed by atoms with E-state index in [2.05, 4.69) is 16.8 Å². The van der Waals surface area contributed by atoms with Crippen LogP contribution in [0.15, 0.2) is 54.7 Å². The minimum absolute atomic E-state index is 0.0295. The predicted molar refractivity (Wildman–Crippen MR) is 131 cm³/mol. The molecule has 1 saturated heterocycles. The van der Waals surface area contributed by atoms with Crippen LogP contribution in [0, 0.1) is 29.5 Å². The number of fused-ring (bicyclic) bond motifs is 1. The van der Waals surface area contributed by atoms with Crippen LogP contribution >= 0.6 is 0 Å². The predicted octanol–water partition coefficient (Wildman–Crippen LogP) is 4.42. The average Bonchev–Trinajstić information content (AvgIpc) is 2.87. The van der Waals surface area contributed by atoms with Crippen molar-refractivity contribution in [1.29, 1.82) is 0 Å². The van der Waals surface area contributed by atoms with Gasteiger partial charge in [0.25, 0.3) is 0 Å². The largest absolute Gasteiger partial charge is 0.497 e. The van der Waals surface area contributed by atoms with Gasteiger partial charge in [-0.05, 0) is 67.8 Å². The normalized spacial score (nSPS) is 18.0. The van der Waals surface area contributed by atoms with Gasteiger partial charge in [0.2, 0.25) is 0 Å². The molecule has 0 bridgehead atoms. The molecule has 1 aliphatic rings. The molecule has 2 heterocycles. The summed E-state index contributed by atoms with van der Waals surface area (Å²) in [5.74, 6) is 4.72. The third kappa shape index (κ3) is 6.03. The summed E-state index contributed by atoms with van der Waals surface area (Å²) in [4.78, 5) is 31.4. The van der Waals surface area contributed by atoms with Crippen LogP contribution in [0.3, 0.4) is 0 Å². The maximum absolute atomic E-state index is 13.3. The third-order valence-corrected chi connectivity index (χ3v) is 6.51. The number of likely N-dealkylation sites (tertiary alicyclic amines) is 1. The lowest BCUT2D eigenvalue weighted by molar-refractivity contribution is -0.146. The summed E-state index contributed by atoms with van der Waals surface area (Å²) in [6.07, 6.45) is 3.07. The summed E-state index contributed by atoms with van der Waals surface area (Å²) in [5, 5.41) is 10.6. The zero-order chi connectivity index (χ0) is 24.8. The van der Waals surface area contributed by atoms with Gasteiger partial charge in [0, 0.05) is 35.7 Å².